The second-order valence-corrected chi connectivity index (χ2v) is 13.6. The zero-order valence-corrected chi connectivity index (χ0v) is 24.5. The Balaban J connectivity index is 1.55. The summed E-state index contributed by atoms with van der Waals surface area (Å²) in [6.45, 7) is 9.25. The monoisotopic (exact) mass is 514 g/mol. The van der Waals surface area contributed by atoms with Crippen LogP contribution >= 0.6 is 0 Å². The summed E-state index contributed by atoms with van der Waals surface area (Å²) in [5.41, 5.74) is 1.23. The third-order valence-corrected chi connectivity index (χ3v) is 11.4. The fourth-order valence-electron chi connectivity index (χ4n) is 9.28. The molecule has 0 saturated heterocycles. The van der Waals surface area contributed by atoms with E-state index >= 15 is 0 Å². The number of hydrogen-bond acceptors (Lipinski definition) is 4. The van der Waals surface area contributed by atoms with E-state index in [-0.39, 0.29) is 40.8 Å². The van der Waals surface area contributed by atoms with Crippen molar-refractivity contribution in [3.63, 3.8) is 0 Å². The van der Waals surface area contributed by atoms with Gasteiger partial charge in [0.1, 0.15) is 6.10 Å². The molecule has 0 aliphatic heterocycles. The van der Waals surface area contributed by atoms with Gasteiger partial charge >= 0.3 is 6.09 Å². The van der Waals surface area contributed by atoms with Crippen LogP contribution in [0.2, 0.25) is 0 Å². The summed E-state index contributed by atoms with van der Waals surface area (Å²) in [5.74, 6) is 2.74. The minimum Gasteiger partial charge on any atom is -0.446 e. The van der Waals surface area contributed by atoms with Gasteiger partial charge in [0.05, 0.1) is 0 Å². The van der Waals surface area contributed by atoms with Crippen LogP contribution in [0.5, 0.6) is 0 Å². The third-order valence-electron chi connectivity index (χ3n) is 11.4. The van der Waals surface area contributed by atoms with Gasteiger partial charge in [0.2, 0.25) is 5.91 Å². The lowest BCUT2D eigenvalue weighted by molar-refractivity contribution is -0.150. The predicted octanol–water partition coefficient (Wildman–Crippen LogP) is 5.95. The molecule has 4 aliphatic rings. The van der Waals surface area contributed by atoms with Crippen molar-refractivity contribution >= 4 is 17.8 Å². The Morgan fingerprint density at radius 1 is 1.00 bits per heavy atom. The quantitative estimate of drug-likeness (QED) is 0.425. The first kappa shape index (κ1) is 28.2. The maximum Gasteiger partial charge on any atom is 0.409 e. The van der Waals surface area contributed by atoms with Crippen LogP contribution in [-0.4, -0.2) is 61.9 Å². The van der Waals surface area contributed by atoms with Gasteiger partial charge in [-0.25, -0.2) is 4.79 Å². The van der Waals surface area contributed by atoms with Gasteiger partial charge in [-0.05, 0) is 104 Å². The molecule has 0 bridgehead atoms. The molecule has 37 heavy (non-hydrogen) atoms. The molecule has 0 heterocycles. The van der Waals surface area contributed by atoms with Crippen molar-refractivity contribution in [2.24, 2.45) is 46.3 Å². The largest absolute Gasteiger partial charge is 0.446 e. The number of carbonyl (C=O) groups excluding carboxylic acids is 3. The Kier molecular flexibility index (Phi) is 7.90. The van der Waals surface area contributed by atoms with Crippen molar-refractivity contribution in [2.45, 2.75) is 91.6 Å². The highest BCUT2D eigenvalue weighted by Gasteiger charge is 2.64. The molecule has 0 aromatic carbocycles. The normalized spacial score (nSPS) is 40.9. The van der Waals surface area contributed by atoms with Crippen molar-refractivity contribution in [3.8, 4) is 0 Å². The Hall–Kier alpha value is -1.85. The average Bonchev–Trinajstić information content (AvgIpc) is 3.20. The van der Waals surface area contributed by atoms with Crippen molar-refractivity contribution < 1.29 is 19.1 Å². The van der Waals surface area contributed by atoms with Crippen molar-refractivity contribution in [1.29, 1.82) is 0 Å². The summed E-state index contributed by atoms with van der Waals surface area (Å²) < 4.78 is 5.81. The lowest BCUT2D eigenvalue weighted by Crippen LogP contribution is -2.58. The van der Waals surface area contributed by atoms with E-state index < -0.39 is 0 Å². The van der Waals surface area contributed by atoms with Gasteiger partial charge in [-0.15, -0.1) is 0 Å². The Morgan fingerprint density at radius 2 is 1.65 bits per heavy atom. The first-order valence-corrected chi connectivity index (χ1v) is 14.6. The van der Waals surface area contributed by atoms with Crippen LogP contribution in [-0.2, 0) is 14.3 Å². The Bertz CT molecular complexity index is 941. The molecular formula is C31H50N2O4. The second-order valence-electron chi connectivity index (χ2n) is 13.6. The third kappa shape index (κ3) is 4.76. The van der Waals surface area contributed by atoms with E-state index in [9.17, 15) is 14.4 Å². The molecule has 6 nitrogen and oxygen atoms in total. The predicted molar refractivity (Wildman–Crippen MR) is 146 cm³/mol. The van der Waals surface area contributed by atoms with Gasteiger partial charge < -0.3 is 14.5 Å². The van der Waals surface area contributed by atoms with Crippen LogP contribution in [0, 0.1) is 46.3 Å². The first-order chi connectivity index (χ1) is 17.3. The van der Waals surface area contributed by atoms with E-state index in [1.54, 1.807) is 19.0 Å². The summed E-state index contributed by atoms with van der Waals surface area (Å²) in [4.78, 5) is 41.9. The molecule has 9 atom stereocenters. The minimum absolute atomic E-state index is 0.0740. The number of ether oxygens (including phenoxy) is 1. The zero-order valence-electron chi connectivity index (χ0n) is 24.5. The van der Waals surface area contributed by atoms with Gasteiger partial charge in [-0.3, -0.25) is 9.59 Å². The Morgan fingerprint density at radius 3 is 2.27 bits per heavy atom. The lowest BCUT2D eigenvalue weighted by atomic mass is 9.43. The number of Topliss-reactive ketones (excluding diaryl/α,β-unsaturated/α-hetero) is 1. The summed E-state index contributed by atoms with van der Waals surface area (Å²) in [7, 11) is 7.11. The molecule has 4 fully saturated rings. The van der Waals surface area contributed by atoms with Gasteiger partial charge in [-0.2, -0.15) is 0 Å². The van der Waals surface area contributed by atoms with Crippen molar-refractivity contribution in [2.75, 3.05) is 28.2 Å². The molecular weight excluding hydrogens is 464 g/mol. The molecule has 0 spiro atoms. The summed E-state index contributed by atoms with van der Waals surface area (Å²) in [5, 5.41) is 0. The van der Waals surface area contributed by atoms with Crippen molar-refractivity contribution in [3.05, 3.63) is 11.6 Å². The van der Waals surface area contributed by atoms with Crippen LogP contribution in [0.25, 0.3) is 0 Å². The van der Waals surface area contributed by atoms with Gasteiger partial charge in [0.15, 0.2) is 5.78 Å². The van der Waals surface area contributed by atoms with Crippen LogP contribution in [0.15, 0.2) is 11.6 Å². The SMILES string of the molecule is C/C=C1/C(=O)C2C(CCC3(C)C(C(C)CCC(=O)N(C)C)CCC23)C2(C)CC[C@@H](OC(=O)N(C)C)CC12. The summed E-state index contributed by atoms with van der Waals surface area (Å²) in [6, 6.07) is 0. The Labute approximate surface area is 224 Å². The molecule has 6 heteroatoms. The van der Waals surface area contributed by atoms with Crippen LogP contribution in [0.3, 0.4) is 0 Å². The van der Waals surface area contributed by atoms with Crippen LogP contribution in [0.1, 0.15) is 85.5 Å². The molecule has 4 rings (SSSR count). The maximum absolute atomic E-state index is 14.2. The van der Waals surface area contributed by atoms with Crippen LogP contribution in [0.4, 0.5) is 4.79 Å². The average molecular weight is 515 g/mol. The van der Waals surface area contributed by atoms with E-state index in [0.717, 1.165) is 44.1 Å². The van der Waals surface area contributed by atoms with Gasteiger partial charge in [-0.1, -0.05) is 26.8 Å². The summed E-state index contributed by atoms with van der Waals surface area (Å²) >= 11 is 0. The topological polar surface area (TPSA) is 66.9 Å². The lowest BCUT2D eigenvalue weighted by Gasteiger charge is -2.61. The van der Waals surface area contributed by atoms with Gasteiger partial charge in [0.25, 0.3) is 0 Å². The second kappa shape index (κ2) is 10.4. The van der Waals surface area contributed by atoms with Crippen LogP contribution < -0.4 is 0 Å². The highest BCUT2D eigenvalue weighted by molar-refractivity contribution is 5.99. The van der Waals surface area contributed by atoms with E-state index in [1.165, 1.54) is 17.7 Å². The molecule has 4 aliphatic carbocycles. The number of rotatable bonds is 5. The molecule has 0 aromatic heterocycles. The number of carbonyl (C=O) groups is 3. The molecule has 0 N–H and O–H groups in total. The molecule has 2 amide bonds. The highest BCUT2D eigenvalue weighted by Crippen LogP contribution is 2.68. The minimum atomic E-state index is -0.289. The number of fused-ring (bicyclic) bond motifs is 5. The van der Waals surface area contributed by atoms with E-state index in [4.69, 9.17) is 4.74 Å². The fraction of sp³-hybridized carbons (Fsp3) is 0.839. The van der Waals surface area contributed by atoms with E-state index in [2.05, 4.69) is 26.8 Å². The highest BCUT2D eigenvalue weighted by atomic mass is 16.6. The number of ketones is 1. The standard InChI is InChI=1S/C31H50N2O4/c1-9-21-25-18-20(37-29(36)33(7)8)14-16-31(25,4)24-15-17-30(3)22(11-12-23(30)27(24)28(21)35)19(2)10-13-26(34)32(5)6/h9,19-20,22-25,27H,10-18H2,1-8H3/b21-9+/t19?,20-,22?,23?,24?,25?,27?,30?,31?/m1/s1. The number of nitrogens with zero attached hydrogens (tertiary/aromatic N) is 2. The first-order valence-electron chi connectivity index (χ1n) is 14.6. The van der Waals surface area contributed by atoms with E-state index in [1.807, 2.05) is 21.0 Å². The van der Waals surface area contributed by atoms with Crippen molar-refractivity contribution in [1.82, 2.24) is 9.80 Å². The zero-order chi connectivity index (χ0) is 27.3. The number of hydrogen-bond donors (Lipinski definition) is 0. The smallest absolute Gasteiger partial charge is 0.409 e. The molecule has 208 valence electrons. The van der Waals surface area contributed by atoms with Gasteiger partial charge in [0, 0.05) is 40.5 Å². The number of allylic oxidation sites excluding steroid dienone is 2. The molecule has 0 aromatic rings. The molecule has 4 saturated carbocycles. The number of amides is 2. The molecule has 8 unspecified atom stereocenters. The molecule has 0 radical (unpaired) electrons. The maximum atomic E-state index is 14.2. The summed E-state index contributed by atoms with van der Waals surface area (Å²) in [6.07, 6.45) is 10.4. The van der Waals surface area contributed by atoms with E-state index in [0.29, 0.717) is 35.9 Å². The fourth-order valence-corrected chi connectivity index (χ4v) is 9.28.